The summed E-state index contributed by atoms with van der Waals surface area (Å²) in [6, 6.07) is 5.76. The molecule has 1 unspecified atom stereocenters. The highest BCUT2D eigenvalue weighted by molar-refractivity contribution is 7.99. The van der Waals surface area contributed by atoms with Crippen molar-refractivity contribution in [2.75, 3.05) is 22.6 Å². The van der Waals surface area contributed by atoms with E-state index in [0.29, 0.717) is 11.4 Å². The highest BCUT2D eigenvalue weighted by Gasteiger charge is 2.28. The van der Waals surface area contributed by atoms with Gasteiger partial charge in [0.15, 0.2) is 9.84 Å². The van der Waals surface area contributed by atoms with Crippen molar-refractivity contribution >= 4 is 44.5 Å². The fourth-order valence-corrected chi connectivity index (χ4v) is 5.12. The third-order valence-corrected chi connectivity index (χ3v) is 6.08. The molecule has 1 heterocycles. The van der Waals surface area contributed by atoms with Gasteiger partial charge in [0.25, 0.3) is 0 Å². The Morgan fingerprint density at radius 1 is 1.55 bits per heavy atom. The van der Waals surface area contributed by atoms with Gasteiger partial charge in [0.1, 0.15) is 4.99 Å². The van der Waals surface area contributed by atoms with Gasteiger partial charge in [-0.1, -0.05) is 25.2 Å². The molecule has 0 aromatic heterocycles. The fraction of sp³-hybridized carbons (Fsp3) is 0.462. The molecule has 0 radical (unpaired) electrons. The van der Waals surface area contributed by atoms with Crippen molar-refractivity contribution in [1.82, 2.24) is 0 Å². The Morgan fingerprint density at radius 2 is 2.30 bits per heavy atom. The quantitative estimate of drug-likeness (QED) is 0.636. The fourth-order valence-electron chi connectivity index (χ4n) is 2.31. The van der Waals surface area contributed by atoms with Crippen LogP contribution >= 0.6 is 24.0 Å². The average molecular weight is 331 g/mol. The molecule has 0 spiro atoms. The van der Waals surface area contributed by atoms with E-state index in [1.165, 1.54) is 0 Å². The van der Waals surface area contributed by atoms with Gasteiger partial charge in [-0.05, 0) is 24.3 Å². The summed E-state index contributed by atoms with van der Waals surface area (Å²) in [4.78, 5) is 1.37. The summed E-state index contributed by atoms with van der Waals surface area (Å²) in [5.41, 5.74) is 7.48. The van der Waals surface area contributed by atoms with E-state index in [4.69, 9.17) is 18.0 Å². The number of sulfone groups is 1. The number of thioether (sulfide) groups is 1. The normalized spacial score (nSPS) is 20.8. The van der Waals surface area contributed by atoms with Gasteiger partial charge in [0, 0.05) is 22.2 Å². The second-order valence-electron chi connectivity index (χ2n) is 4.72. The largest absolute Gasteiger partial charge is 0.389 e. The number of nitrogens with one attached hydrogen (secondary N) is 1. The second-order valence-corrected chi connectivity index (χ2v) is 8.69. The van der Waals surface area contributed by atoms with Crippen molar-refractivity contribution in [2.24, 2.45) is 5.73 Å². The lowest BCUT2D eigenvalue weighted by Crippen LogP contribution is -2.23. The molecule has 1 aliphatic rings. The molecule has 0 saturated carbocycles. The van der Waals surface area contributed by atoms with Crippen LogP contribution in [0.1, 0.15) is 18.9 Å². The van der Waals surface area contributed by atoms with Crippen LogP contribution in [0.15, 0.2) is 23.1 Å². The summed E-state index contributed by atoms with van der Waals surface area (Å²) in [7, 11) is -2.90. The van der Waals surface area contributed by atoms with Gasteiger partial charge in [-0.25, -0.2) is 8.42 Å². The van der Waals surface area contributed by atoms with Crippen molar-refractivity contribution in [1.29, 1.82) is 0 Å². The predicted octanol–water partition coefficient (Wildman–Crippen LogP) is 2.03. The van der Waals surface area contributed by atoms with Gasteiger partial charge >= 0.3 is 0 Å². The first-order valence-corrected chi connectivity index (χ1v) is 9.67. The molecule has 4 nitrogen and oxygen atoms in total. The second kappa shape index (κ2) is 6.32. The maximum absolute atomic E-state index is 11.5. The van der Waals surface area contributed by atoms with Crippen molar-refractivity contribution in [2.45, 2.75) is 24.3 Å². The van der Waals surface area contributed by atoms with Crippen molar-refractivity contribution in [3.05, 3.63) is 23.8 Å². The van der Waals surface area contributed by atoms with E-state index in [1.807, 2.05) is 18.2 Å². The van der Waals surface area contributed by atoms with Gasteiger partial charge in [0.2, 0.25) is 0 Å². The van der Waals surface area contributed by atoms with E-state index in [0.717, 1.165) is 21.9 Å². The zero-order chi connectivity index (χ0) is 14.8. The van der Waals surface area contributed by atoms with Crippen LogP contribution < -0.4 is 11.1 Å². The SMILES string of the molecule is CCSc1cccc(NC2CCS(=O)(=O)C2)c1C(N)=S. The van der Waals surface area contributed by atoms with Crippen LogP contribution in [0.4, 0.5) is 5.69 Å². The monoisotopic (exact) mass is 330 g/mol. The molecule has 1 aliphatic heterocycles. The highest BCUT2D eigenvalue weighted by atomic mass is 32.2. The average Bonchev–Trinajstić information content (AvgIpc) is 2.69. The zero-order valence-corrected chi connectivity index (χ0v) is 13.7. The summed E-state index contributed by atoms with van der Waals surface area (Å²) in [5, 5.41) is 3.29. The molecule has 0 bridgehead atoms. The molecule has 0 aliphatic carbocycles. The number of hydrogen-bond donors (Lipinski definition) is 2. The van der Waals surface area contributed by atoms with Crippen LogP contribution in [0.2, 0.25) is 0 Å². The zero-order valence-electron chi connectivity index (χ0n) is 11.3. The minimum absolute atomic E-state index is 0.0602. The van der Waals surface area contributed by atoms with Crippen molar-refractivity contribution in [3.63, 3.8) is 0 Å². The summed E-state index contributed by atoms with van der Waals surface area (Å²) in [5.74, 6) is 1.35. The predicted molar refractivity (Wildman–Crippen MR) is 89.4 cm³/mol. The van der Waals surface area contributed by atoms with E-state index in [1.54, 1.807) is 11.8 Å². The number of nitrogens with two attached hydrogens (primary N) is 1. The van der Waals surface area contributed by atoms with Crippen LogP contribution in [-0.4, -0.2) is 36.7 Å². The topological polar surface area (TPSA) is 72.2 Å². The maximum atomic E-state index is 11.5. The molecule has 1 fully saturated rings. The first kappa shape index (κ1) is 15.6. The molecular weight excluding hydrogens is 312 g/mol. The molecule has 1 saturated heterocycles. The first-order chi connectivity index (χ1) is 9.43. The van der Waals surface area contributed by atoms with E-state index in [9.17, 15) is 8.42 Å². The molecule has 7 heteroatoms. The van der Waals surface area contributed by atoms with Crippen molar-refractivity contribution in [3.8, 4) is 0 Å². The number of thiocarbonyl (C=S) groups is 1. The third kappa shape index (κ3) is 3.65. The molecule has 3 N–H and O–H groups in total. The van der Waals surface area contributed by atoms with Crippen LogP contribution in [0.3, 0.4) is 0 Å². The number of benzene rings is 1. The molecule has 1 aromatic rings. The van der Waals surface area contributed by atoms with Gasteiger partial charge in [-0.2, -0.15) is 0 Å². The van der Waals surface area contributed by atoms with E-state index < -0.39 is 9.84 Å². The van der Waals surface area contributed by atoms with E-state index in [2.05, 4.69) is 12.2 Å². The Balaban J connectivity index is 2.27. The van der Waals surface area contributed by atoms with Crippen LogP contribution in [0, 0.1) is 0 Å². The van der Waals surface area contributed by atoms with Crippen LogP contribution in [-0.2, 0) is 9.84 Å². The van der Waals surface area contributed by atoms with Gasteiger partial charge in [-0.15, -0.1) is 11.8 Å². The van der Waals surface area contributed by atoms with Gasteiger partial charge in [0.05, 0.1) is 11.5 Å². The van der Waals surface area contributed by atoms with Crippen molar-refractivity contribution < 1.29 is 8.42 Å². The summed E-state index contributed by atoms with van der Waals surface area (Å²) in [6.45, 7) is 2.07. The Hall–Kier alpha value is -0.790. The summed E-state index contributed by atoms with van der Waals surface area (Å²) in [6.07, 6.45) is 0.629. The third-order valence-electron chi connectivity index (χ3n) is 3.16. The lowest BCUT2D eigenvalue weighted by atomic mass is 10.1. The van der Waals surface area contributed by atoms with E-state index in [-0.39, 0.29) is 17.5 Å². The van der Waals surface area contributed by atoms with Gasteiger partial charge < -0.3 is 11.1 Å². The first-order valence-electron chi connectivity index (χ1n) is 6.45. The number of anilines is 1. The standard InChI is InChI=1S/C13H18N2O2S3/c1-2-19-11-5-3-4-10(12(11)13(14)18)15-9-6-7-20(16,17)8-9/h3-5,9,15H,2,6-8H2,1H3,(H2,14,18). The maximum Gasteiger partial charge on any atom is 0.152 e. The molecule has 20 heavy (non-hydrogen) atoms. The van der Waals surface area contributed by atoms with Crippen LogP contribution in [0.25, 0.3) is 0 Å². The lowest BCUT2D eigenvalue weighted by Gasteiger charge is -2.18. The number of hydrogen-bond acceptors (Lipinski definition) is 5. The summed E-state index contributed by atoms with van der Waals surface area (Å²) < 4.78 is 23.0. The minimum atomic E-state index is -2.90. The summed E-state index contributed by atoms with van der Waals surface area (Å²) >= 11 is 6.82. The Labute approximate surface area is 129 Å². The minimum Gasteiger partial charge on any atom is -0.389 e. The smallest absolute Gasteiger partial charge is 0.152 e. The Bertz CT molecular complexity index is 614. The molecule has 2 rings (SSSR count). The number of rotatable bonds is 5. The molecule has 110 valence electrons. The lowest BCUT2D eigenvalue weighted by molar-refractivity contribution is 0.602. The van der Waals surface area contributed by atoms with Gasteiger partial charge in [-0.3, -0.25) is 0 Å². The molecule has 1 aromatic carbocycles. The molecular formula is C13H18N2O2S3. The molecule has 1 atom stereocenters. The van der Waals surface area contributed by atoms with E-state index >= 15 is 0 Å². The highest BCUT2D eigenvalue weighted by Crippen LogP contribution is 2.30. The molecule has 0 amide bonds. The van der Waals surface area contributed by atoms with Crippen LogP contribution in [0.5, 0.6) is 0 Å². The Morgan fingerprint density at radius 3 is 2.85 bits per heavy atom. The Kier molecular flexibility index (Phi) is 4.93.